The molecule has 1 aromatic carbocycles. The Morgan fingerprint density at radius 2 is 1.86 bits per heavy atom. The number of rotatable bonds is 4. The van der Waals surface area contributed by atoms with E-state index in [1.54, 1.807) is 0 Å². The number of non-ortho nitro benzene ring substituents is 1. The molecule has 0 radical (unpaired) electrons. The lowest BCUT2D eigenvalue weighted by molar-refractivity contribution is -0.385. The number of anilines is 2. The molecule has 0 unspecified atom stereocenters. The Bertz CT molecular complexity index is 690. The van der Waals surface area contributed by atoms with Gasteiger partial charge in [0.25, 0.3) is 5.69 Å². The predicted molar refractivity (Wildman–Crippen MR) is 64.6 cm³/mol. The maximum atomic E-state index is 13.6. The number of benzene rings is 1. The van der Waals surface area contributed by atoms with Crippen LogP contribution in [0.5, 0.6) is 0 Å². The van der Waals surface area contributed by atoms with Gasteiger partial charge in [-0.25, -0.2) is 8.78 Å². The minimum atomic E-state index is -4.49. The first-order chi connectivity index (χ1) is 10.2. The van der Waals surface area contributed by atoms with Gasteiger partial charge in [0.15, 0.2) is 11.6 Å². The number of nitro groups is 1. The average Bonchev–Trinajstić information content (AvgIpc) is 2.78. The summed E-state index contributed by atoms with van der Waals surface area (Å²) in [5, 5.41) is 16.0. The van der Waals surface area contributed by atoms with Crippen molar-refractivity contribution >= 4 is 17.1 Å². The number of alkyl halides is 3. The second kappa shape index (κ2) is 5.58. The topological polar surface area (TPSA) is 73.0 Å². The molecule has 0 saturated carbocycles. The largest absolute Gasteiger partial charge is 0.408 e. The Hall–Kier alpha value is -2.72. The summed E-state index contributed by atoms with van der Waals surface area (Å²) in [5.74, 6) is -2.51. The van der Waals surface area contributed by atoms with E-state index in [1.807, 2.05) is 0 Å². The second-order valence-electron chi connectivity index (χ2n) is 4.21. The zero-order chi connectivity index (χ0) is 16.5. The highest BCUT2D eigenvalue weighted by atomic mass is 19.4. The maximum Gasteiger partial charge on any atom is 0.408 e. The summed E-state index contributed by atoms with van der Waals surface area (Å²) in [4.78, 5) is 9.47. The van der Waals surface area contributed by atoms with Gasteiger partial charge in [-0.3, -0.25) is 14.8 Å². The molecule has 1 N–H and O–H groups in total. The monoisotopic (exact) mass is 322 g/mol. The lowest BCUT2D eigenvalue weighted by atomic mass is 10.2. The highest BCUT2D eigenvalue weighted by molar-refractivity contribution is 5.61. The molecule has 0 fully saturated rings. The smallest absolute Gasteiger partial charge is 0.348 e. The van der Waals surface area contributed by atoms with Crippen LogP contribution in [0.4, 0.5) is 39.0 Å². The molecule has 0 saturated heterocycles. The summed E-state index contributed by atoms with van der Waals surface area (Å²) in [7, 11) is 0. The van der Waals surface area contributed by atoms with Gasteiger partial charge in [-0.2, -0.15) is 18.3 Å². The van der Waals surface area contributed by atoms with Gasteiger partial charge >= 0.3 is 6.18 Å². The highest BCUT2D eigenvalue weighted by Crippen LogP contribution is 2.28. The minimum Gasteiger partial charge on any atom is -0.348 e. The van der Waals surface area contributed by atoms with E-state index in [-0.39, 0.29) is 5.69 Å². The summed E-state index contributed by atoms with van der Waals surface area (Å²) in [6.07, 6.45) is -2.66. The molecule has 2 aromatic rings. The van der Waals surface area contributed by atoms with Crippen LogP contribution >= 0.6 is 0 Å². The molecule has 118 valence electrons. The Morgan fingerprint density at radius 3 is 2.36 bits per heavy atom. The van der Waals surface area contributed by atoms with Crippen molar-refractivity contribution in [3.63, 3.8) is 0 Å². The van der Waals surface area contributed by atoms with Crippen LogP contribution in [0, 0.1) is 21.7 Å². The fourth-order valence-electron chi connectivity index (χ4n) is 1.63. The van der Waals surface area contributed by atoms with Gasteiger partial charge in [0.2, 0.25) is 0 Å². The van der Waals surface area contributed by atoms with E-state index in [0.717, 1.165) is 12.4 Å². The molecule has 0 aliphatic carbocycles. The van der Waals surface area contributed by atoms with Gasteiger partial charge in [-0.1, -0.05) is 0 Å². The summed E-state index contributed by atoms with van der Waals surface area (Å²) < 4.78 is 64.3. The van der Waals surface area contributed by atoms with Crippen molar-refractivity contribution in [3.05, 3.63) is 46.3 Å². The molecule has 1 heterocycles. The standard InChI is InChI=1S/C11H7F5N4O2/c12-8-1-7(20(21)22)2-9(13)10(8)18-6-3-17-19(4-6)5-11(14,15)16/h1-4,18H,5H2. The molecule has 11 heteroatoms. The molecular formula is C11H7F5N4O2. The fourth-order valence-corrected chi connectivity index (χ4v) is 1.63. The molecule has 0 bridgehead atoms. The molecule has 1 aromatic heterocycles. The number of nitrogens with one attached hydrogen (secondary N) is 1. The van der Waals surface area contributed by atoms with Crippen molar-refractivity contribution in [1.29, 1.82) is 0 Å². The molecule has 0 spiro atoms. The van der Waals surface area contributed by atoms with Crippen LogP contribution in [0.25, 0.3) is 0 Å². The number of hydrogen-bond donors (Lipinski definition) is 1. The molecule has 22 heavy (non-hydrogen) atoms. The van der Waals surface area contributed by atoms with Crippen LogP contribution in [0.2, 0.25) is 0 Å². The maximum absolute atomic E-state index is 13.6. The van der Waals surface area contributed by atoms with E-state index in [1.165, 1.54) is 0 Å². The Kier molecular flexibility index (Phi) is 3.97. The van der Waals surface area contributed by atoms with Gasteiger partial charge in [0.1, 0.15) is 12.2 Å². The third-order valence-electron chi connectivity index (χ3n) is 2.48. The van der Waals surface area contributed by atoms with Gasteiger partial charge in [-0.05, 0) is 0 Å². The summed E-state index contributed by atoms with van der Waals surface area (Å²) in [6, 6.07) is 0.983. The lowest BCUT2D eigenvalue weighted by Gasteiger charge is -2.07. The summed E-state index contributed by atoms with van der Waals surface area (Å²) in [5.41, 5.74) is -1.61. The Morgan fingerprint density at radius 1 is 1.27 bits per heavy atom. The number of hydrogen-bond acceptors (Lipinski definition) is 4. The minimum absolute atomic E-state index is 0.101. The fraction of sp³-hybridized carbons (Fsp3) is 0.182. The van der Waals surface area contributed by atoms with Gasteiger partial charge in [-0.15, -0.1) is 0 Å². The van der Waals surface area contributed by atoms with E-state index in [2.05, 4.69) is 10.4 Å². The SMILES string of the molecule is O=[N+]([O-])c1cc(F)c(Nc2cnn(CC(F)(F)F)c2)c(F)c1. The van der Waals surface area contributed by atoms with Crippen LogP contribution in [0.1, 0.15) is 0 Å². The molecule has 0 amide bonds. The van der Waals surface area contributed by atoms with E-state index in [9.17, 15) is 32.1 Å². The average molecular weight is 322 g/mol. The van der Waals surface area contributed by atoms with E-state index in [4.69, 9.17) is 0 Å². The molecule has 0 aliphatic rings. The van der Waals surface area contributed by atoms with Crippen molar-refractivity contribution in [3.8, 4) is 0 Å². The summed E-state index contributed by atoms with van der Waals surface area (Å²) in [6.45, 7) is -1.36. The predicted octanol–water partition coefficient (Wildman–Crippen LogP) is 3.38. The van der Waals surface area contributed by atoms with Crippen LogP contribution < -0.4 is 5.32 Å². The second-order valence-corrected chi connectivity index (χ2v) is 4.21. The molecule has 0 atom stereocenters. The van der Waals surface area contributed by atoms with Gasteiger partial charge in [0.05, 0.1) is 28.9 Å². The lowest BCUT2D eigenvalue weighted by Crippen LogP contribution is -2.17. The molecule has 0 aliphatic heterocycles. The van der Waals surface area contributed by atoms with Crippen molar-refractivity contribution in [1.82, 2.24) is 9.78 Å². The quantitative estimate of drug-likeness (QED) is 0.532. The molecular weight excluding hydrogens is 315 g/mol. The molecule has 2 rings (SSSR count). The number of halogens is 5. The highest BCUT2D eigenvalue weighted by Gasteiger charge is 2.28. The van der Waals surface area contributed by atoms with Crippen molar-refractivity contribution in [2.24, 2.45) is 0 Å². The van der Waals surface area contributed by atoms with Crippen LogP contribution in [0.15, 0.2) is 24.5 Å². The number of aromatic nitrogens is 2. The first-order valence-electron chi connectivity index (χ1n) is 5.65. The summed E-state index contributed by atoms with van der Waals surface area (Å²) >= 11 is 0. The number of nitrogens with zero attached hydrogens (tertiary/aromatic N) is 3. The van der Waals surface area contributed by atoms with Crippen LogP contribution in [-0.4, -0.2) is 20.9 Å². The normalized spacial score (nSPS) is 11.5. The molecule has 6 nitrogen and oxygen atoms in total. The third-order valence-corrected chi connectivity index (χ3v) is 2.48. The first-order valence-corrected chi connectivity index (χ1v) is 5.65. The zero-order valence-electron chi connectivity index (χ0n) is 10.6. The van der Waals surface area contributed by atoms with Crippen molar-refractivity contribution < 1.29 is 26.9 Å². The first kappa shape index (κ1) is 15.7. The van der Waals surface area contributed by atoms with Crippen molar-refractivity contribution in [2.45, 2.75) is 12.7 Å². The van der Waals surface area contributed by atoms with E-state index < -0.39 is 40.7 Å². The number of nitro benzene ring substituents is 1. The Balaban J connectivity index is 2.23. The van der Waals surface area contributed by atoms with Crippen molar-refractivity contribution in [2.75, 3.05) is 5.32 Å². The van der Waals surface area contributed by atoms with Gasteiger partial charge < -0.3 is 5.32 Å². The Labute approximate surface area is 119 Å². The third kappa shape index (κ3) is 3.68. The van der Waals surface area contributed by atoms with Crippen LogP contribution in [-0.2, 0) is 6.54 Å². The van der Waals surface area contributed by atoms with E-state index >= 15 is 0 Å². The van der Waals surface area contributed by atoms with Gasteiger partial charge in [0, 0.05) is 6.20 Å². The van der Waals surface area contributed by atoms with E-state index in [0.29, 0.717) is 16.8 Å². The zero-order valence-corrected chi connectivity index (χ0v) is 10.6. The van der Waals surface area contributed by atoms with Crippen LogP contribution in [0.3, 0.4) is 0 Å².